The molecule has 0 aromatic rings. The van der Waals surface area contributed by atoms with Crippen molar-refractivity contribution < 1.29 is 28.6 Å². The van der Waals surface area contributed by atoms with Crippen molar-refractivity contribution >= 4 is 17.9 Å². The van der Waals surface area contributed by atoms with E-state index in [2.05, 4.69) is 106 Å². The zero-order valence-corrected chi connectivity index (χ0v) is 42.5. The summed E-state index contributed by atoms with van der Waals surface area (Å²) in [6.07, 6.45) is 68.6. The molecule has 0 heterocycles. The molecule has 0 aromatic heterocycles. The summed E-state index contributed by atoms with van der Waals surface area (Å²) in [7, 11) is 0. The number of hydrogen-bond acceptors (Lipinski definition) is 6. The van der Waals surface area contributed by atoms with Crippen molar-refractivity contribution in [2.75, 3.05) is 13.2 Å². The molecule has 0 aliphatic rings. The molecule has 372 valence electrons. The van der Waals surface area contributed by atoms with Crippen LogP contribution >= 0.6 is 0 Å². The van der Waals surface area contributed by atoms with Crippen LogP contribution in [0.1, 0.15) is 252 Å². The first kappa shape index (κ1) is 61.6. The lowest BCUT2D eigenvalue weighted by Gasteiger charge is -2.18. The minimum absolute atomic E-state index is 0.109. The number of allylic oxidation sites excluding steroid dienone is 14. The van der Waals surface area contributed by atoms with E-state index in [1.54, 1.807) is 0 Å². The summed E-state index contributed by atoms with van der Waals surface area (Å²) < 4.78 is 16.7. The van der Waals surface area contributed by atoms with Crippen LogP contribution in [-0.4, -0.2) is 37.2 Å². The van der Waals surface area contributed by atoms with E-state index in [4.69, 9.17) is 14.2 Å². The van der Waals surface area contributed by atoms with Gasteiger partial charge in [0.1, 0.15) is 13.2 Å². The van der Waals surface area contributed by atoms with Crippen LogP contribution in [0.3, 0.4) is 0 Å². The molecule has 0 rings (SSSR count). The minimum atomic E-state index is -0.819. The standard InChI is InChI=1S/C59H100O6/c1-4-7-10-13-16-19-22-25-28-29-32-35-38-41-44-47-50-53-59(62)65-56(54-63-57(60)51-48-45-42-39-36-33-30-26-23-20-17-14-11-8-5-2)55-64-58(61)52-49-46-43-40-37-34-31-27-24-21-18-15-12-9-6-3/h16-17,19-20,25-26,28,30,32,35-36,39,41,44,56H,4-15,18,21-24,27,29,31,33-34,37-38,40,42-43,45-55H2,1-3H3/b19-16-,20-17-,28-25-,30-26-,35-32-,39-36-,44-41-/t56-/m1/s1. The molecule has 0 bridgehead atoms. The molecule has 0 fully saturated rings. The lowest BCUT2D eigenvalue weighted by atomic mass is 10.0. The molecule has 0 saturated carbocycles. The smallest absolute Gasteiger partial charge is 0.306 e. The van der Waals surface area contributed by atoms with Crippen molar-refractivity contribution in [3.05, 3.63) is 85.1 Å². The van der Waals surface area contributed by atoms with Crippen LogP contribution in [0.15, 0.2) is 85.1 Å². The van der Waals surface area contributed by atoms with Gasteiger partial charge in [-0.25, -0.2) is 0 Å². The van der Waals surface area contributed by atoms with Crippen LogP contribution < -0.4 is 0 Å². The summed E-state index contributed by atoms with van der Waals surface area (Å²) in [6, 6.07) is 0. The van der Waals surface area contributed by atoms with Gasteiger partial charge in [-0.3, -0.25) is 14.4 Å². The fraction of sp³-hybridized carbons (Fsp3) is 0.712. The zero-order valence-electron chi connectivity index (χ0n) is 42.5. The van der Waals surface area contributed by atoms with Gasteiger partial charge in [-0.15, -0.1) is 0 Å². The fourth-order valence-electron chi connectivity index (χ4n) is 7.26. The normalized spacial score (nSPS) is 12.7. The zero-order chi connectivity index (χ0) is 47.2. The number of carbonyl (C=O) groups is 3. The molecule has 0 spiro atoms. The van der Waals surface area contributed by atoms with Crippen molar-refractivity contribution in [2.24, 2.45) is 0 Å². The monoisotopic (exact) mass is 905 g/mol. The Morgan fingerprint density at radius 3 is 0.938 bits per heavy atom. The molecule has 6 nitrogen and oxygen atoms in total. The molecule has 0 unspecified atom stereocenters. The summed E-state index contributed by atoms with van der Waals surface area (Å²) in [5.41, 5.74) is 0. The van der Waals surface area contributed by atoms with E-state index in [1.165, 1.54) is 128 Å². The van der Waals surface area contributed by atoms with Gasteiger partial charge < -0.3 is 14.2 Å². The highest BCUT2D eigenvalue weighted by Gasteiger charge is 2.19. The largest absolute Gasteiger partial charge is 0.462 e. The molecule has 0 aliphatic carbocycles. The average Bonchev–Trinajstić information content (AvgIpc) is 3.30. The number of esters is 3. The van der Waals surface area contributed by atoms with Gasteiger partial charge in [0.2, 0.25) is 0 Å². The summed E-state index contributed by atoms with van der Waals surface area (Å²) >= 11 is 0. The lowest BCUT2D eigenvalue weighted by Crippen LogP contribution is -2.30. The second kappa shape index (κ2) is 53.2. The Balaban J connectivity index is 4.53. The highest BCUT2D eigenvalue weighted by molar-refractivity contribution is 5.71. The van der Waals surface area contributed by atoms with Crippen molar-refractivity contribution in [3.8, 4) is 0 Å². The fourth-order valence-corrected chi connectivity index (χ4v) is 7.26. The molecule has 65 heavy (non-hydrogen) atoms. The Morgan fingerprint density at radius 1 is 0.308 bits per heavy atom. The Labute approximate surface area is 401 Å². The van der Waals surface area contributed by atoms with Gasteiger partial charge >= 0.3 is 17.9 Å². The Hall–Kier alpha value is -3.41. The third-order valence-corrected chi connectivity index (χ3v) is 11.4. The van der Waals surface area contributed by atoms with Crippen LogP contribution in [0, 0.1) is 0 Å². The minimum Gasteiger partial charge on any atom is -0.462 e. The van der Waals surface area contributed by atoms with Gasteiger partial charge in [0, 0.05) is 19.3 Å². The van der Waals surface area contributed by atoms with Crippen molar-refractivity contribution in [1.82, 2.24) is 0 Å². The summed E-state index contributed by atoms with van der Waals surface area (Å²) in [4.78, 5) is 38.0. The van der Waals surface area contributed by atoms with Crippen LogP contribution in [0.25, 0.3) is 0 Å². The molecular weight excluding hydrogens is 805 g/mol. The van der Waals surface area contributed by atoms with Gasteiger partial charge in [0.05, 0.1) is 0 Å². The van der Waals surface area contributed by atoms with Crippen LogP contribution in [0.2, 0.25) is 0 Å². The molecule has 1 atom stereocenters. The second-order valence-corrected chi connectivity index (χ2v) is 17.8. The quantitative estimate of drug-likeness (QED) is 0.0262. The summed E-state index contributed by atoms with van der Waals surface area (Å²) in [6.45, 7) is 6.51. The average molecular weight is 905 g/mol. The number of rotatable bonds is 48. The van der Waals surface area contributed by atoms with Gasteiger partial charge in [0.15, 0.2) is 6.10 Å². The Kier molecular flexibility index (Phi) is 50.4. The van der Waals surface area contributed by atoms with Crippen LogP contribution in [0.4, 0.5) is 0 Å². The molecule has 6 heteroatoms. The first-order valence-electron chi connectivity index (χ1n) is 27.1. The second-order valence-electron chi connectivity index (χ2n) is 17.8. The van der Waals surface area contributed by atoms with Crippen LogP contribution in [-0.2, 0) is 28.6 Å². The van der Waals surface area contributed by atoms with Crippen LogP contribution in [0.5, 0.6) is 0 Å². The number of ether oxygens (including phenoxy) is 3. The Morgan fingerprint density at radius 2 is 0.569 bits per heavy atom. The molecule has 0 saturated heterocycles. The number of hydrogen-bond donors (Lipinski definition) is 0. The first-order chi connectivity index (χ1) is 32.0. The first-order valence-corrected chi connectivity index (χ1v) is 27.1. The third kappa shape index (κ3) is 51.4. The van der Waals surface area contributed by atoms with Crippen molar-refractivity contribution in [3.63, 3.8) is 0 Å². The predicted octanol–water partition coefficient (Wildman–Crippen LogP) is 18.0. The molecule has 0 aromatic carbocycles. The SMILES string of the molecule is CCCCC/C=C\C/C=C\C/C=C\C/C=C\CCCC(=O)O[C@H](COC(=O)CCCC/C=C\C/C=C\C/C=C\CCCCC)COC(=O)CCCCCCCCCCCCCCCCC. The van der Waals surface area contributed by atoms with Crippen molar-refractivity contribution in [1.29, 1.82) is 0 Å². The van der Waals surface area contributed by atoms with E-state index in [1.807, 2.05) is 0 Å². The summed E-state index contributed by atoms with van der Waals surface area (Å²) in [5, 5.41) is 0. The van der Waals surface area contributed by atoms with Crippen molar-refractivity contribution in [2.45, 2.75) is 258 Å². The summed E-state index contributed by atoms with van der Waals surface area (Å²) in [5.74, 6) is -1.00. The van der Waals surface area contributed by atoms with E-state index in [-0.39, 0.29) is 37.5 Å². The number of carbonyl (C=O) groups excluding carboxylic acids is 3. The van der Waals surface area contributed by atoms with E-state index in [0.717, 1.165) is 77.0 Å². The van der Waals surface area contributed by atoms with Gasteiger partial charge in [-0.1, -0.05) is 221 Å². The van der Waals surface area contributed by atoms with E-state index in [9.17, 15) is 14.4 Å². The molecule has 0 N–H and O–H groups in total. The van der Waals surface area contributed by atoms with Gasteiger partial charge in [-0.2, -0.15) is 0 Å². The topological polar surface area (TPSA) is 78.9 Å². The molecule has 0 aliphatic heterocycles. The predicted molar refractivity (Wildman–Crippen MR) is 279 cm³/mol. The van der Waals surface area contributed by atoms with E-state index < -0.39 is 6.10 Å². The number of unbranched alkanes of at least 4 members (excludes halogenated alkanes) is 23. The maximum absolute atomic E-state index is 12.8. The van der Waals surface area contributed by atoms with E-state index >= 15 is 0 Å². The third-order valence-electron chi connectivity index (χ3n) is 11.4. The molecular formula is C59H100O6. The Bertz CT molecular complexity index is 1270. The molecule has 0 amide bonds. The molecule has 0 radical (unpaired) electrons. The maximum Gasteiger partial charge on any atom is 0.306 e. The van der Waals surface area contributed by atoms with Gasteiger partial charge in [-0.05, 0) is 96.3 Å². The highest BCUT2D eigenvalue weighted by atomic mass is 16.6. The van der Waals surface area contributed by atoms with E-state index in [0.29, 0.717) is 19.3 Å². The highest BCUT2D eigenvalue weighted by Crippen LogP contribution is 2.15. The maximum atomic E-state index is 12.8. The van der Waals surface area contributed by atoms with Gasteiger partial charge in [0.25, 0.3) is 0 Å². The lowest BCUT2D eigenvalue weighted by molar-refractivity contribution is -0.167.